The van der Waals surface area contributed by atoms with Crippen molar-refractivity contribution in [1.29, 1.82) is 0 Å². The van der Waals surface area contributed by atoms with Gasteiger partial charge in [-0.2, -0.15) is 0 Å². The molecule has 8 heteroatoms. The third kappa shape index (κ3) is 4.54. The maximum Gasteiger partial charge on any atom is 0.280 e. The largest absolute Gasteiger partial charge is 0.496 e. The lowest BCUT2D eigenvalue weighted by molar-refractivity contribution is -0.134. The van der Waals surface area contributed by atoms with E-state index in [0.717, 1.165) is 10.9 Å². The third-order valence-electron chi connectivity index (χ3n) is 5.03. The number of hydrogen-bond acceptors (Lipinski definition) is 4. The lowest BCUT2D eigenvalue weighted by Gasteiger charge is -2.37. The van der Waals surface area contributed by atoms with Crippen molar-refractivity contribution in [3.63, 3.8) is 0 Å². The van der Waals surface area contributed by atoms with Crippen molar-refractivity contribution in [3.8, 4) is 5.75 Å². The summed E-state index contributed by atoms with van der Waals surface area (Å²) in [5.41, 5.74) is -1.69. The van der Waals surface area contributed by atoms with Gasteiger partial charge >= 0.3 is 0 Å². The van der Waals surface area contributed by atoms with Gasteiger partial charge in [0.2, 0.25) is 0 Å². The average Bonchev–Trinajstić information content (AvgIpc) is 3.09. The number of fused-ring (bicyclic) bond motifs is 1. The summed E-state index contributed by atoms with van der Waals surface area (Å²) in [5, 5.41) is 14.2. The second kappa shape index (κ2) is 8.04. The third-order valence-corrected chi connectivity index (χ3v) is 5.03. The van der Waals surface area contributed by atoms with Gasteiger partial charge in [0.25, 0.3) is 6.43 Å². The molecule has 0 spiro atoms. The topological polar surface area (TPSA) is 70.2 Å². The molecule has 0 aliphatic rings. The van der Waals surface area contributed by atoms with Gasteiger partial charge in [-0.3, -0.25) is 10.3 Å². The normalized spacial score (nSPS) is 14.3. The van der Waals surface area contributed by atoms with Gasteiger partial charge in [0, 0.05) is 35.8 Å². The minimum Gasteiger partial charge on any atom is -0.496 e. The molecule has 0 fully saturated rings. The maximum atomic E-state index is 13.9. The molecule has 3 aromatic rings. The Morgan fingerprint density at radius 3 is 2.66 bits per heavy atom. The average molecular weight is 407 g/mol. The summed E-state index contributed by atoms with van der Waals surface area (Å²) in [6.45, 7) is 3.31. The number of benzene rings is 1. The van der Waals surface area contributed by atoms with Crippen LogP contribution in [0.2, 0.25) is 0 Å². The summed E-state index contributed by atoms with van der Waals surface area (Å²) in [7, 11) is 1.43. The highest BCUT2D eigenvalue weighted by atomic mass is 19.3. The van der Waals surface area contributed by atoms with Crippen molar-refractivity contribution in [2.45, 2.75) is 44.4 Å². The minimum atomic E-state index is -3.06. The zero-order valence-electron chi connectivity index (χ0n) is 16.5. The predicted molar refractivity (Wildman–Crippen MR) is 104 cm³/mol. The standard InChI is InChI=1S/C21H24F3N3O2/c1-20(2,16-9-14(22)4-5-18(16)29-3)12-21(28,19(23)24)26-10-15-8-13-6-7-25-11-17(13)27-15/h4-9,11,19,26-28H,10,12H2,1-3H3. The molecule has 0 saturated heterocycles. The van der Waals surface area contributed by atoms with Crippen LogP contribution in [0.1, 0.15) is 31.5 Å². The van der Waals surface area contributed by atoms with E-state index in [-0.39, 0.29) is 13.0 Å². The molecule has 0 aliphatic carbocycles. The van der Waals surface area contributed by atoms with E-state index in [9.17, 15) is 18.3 Å². The van der Waals surface area contributed by atoms with Crippen LogP contribution in [0.3, 0.4) is 0 Å². The number of rotatable bonds is 8. The van der Waals surface area contributed by atoms with Crippen molar-refractivity contribution in [1.82, 2.24) is 15.3 Å². The van der Waals surface area contributed by atoms with E-state index in [1.54, 1.807) is 38.4 Å². The minimum absolute atomic E-state index is 0.00805. The number of nitrogens with zero attached hydrogens (tertiary/aromatic N) is 1. The van der Waals surface area contributed by atoms with Crippen LogP contribution in [-0.4, -0.2) is 34.3 Å². The van der Waals surface area contributed by atoms with E-state index < -0.39 is 23.4 Å². The molecule has 156 valence electrons. The molecule has 0 aliphatic heterocycles. The number of halogens is 3. The Bertz CT molecular complexity index is 957. The summed E-state index contributed by atoms with van der Waals surface area (Å²) >= 11 is 0. The van der Waals surface area contributed by atoms with E-state index in [2.05, 4.69) is 15.3 Å². The second-order valence-corrected chi connectivity index (χ2v) is 7.74. The maximum absolute atomic E-state index is 13.9. The Morgan fingerprint density at radius 2 is 2.00 bits per heavy atom. The number of ether oxygens (including phenoxy) is 1. The molecule has 3 rings (SSSR count). The molecule has 0 amide bonds. The van der Waals surface area contributed by atoms with Crippen LogP contribution in [0.15, 0.2) is 42.7 Å². The van der Waals surface area contributed by atoms with E-state index >= 15 is 0 Å². The highest BCUT2D eigenvalue weighted by molar-refractivity contribution is 5.79. The highest BCUT2D eigenvalue weighted by Crippen LogP contribution is 2.39. The first-order chi connectivity index (χ1) is 13.6. The van der Waals surface area contributed by atoms with Gasteiger partial charge < -0.3 is 14.8 Å². The number of pyridine rings is 1. The fraction of sp³-hybridized carbons (Fsp3) is 0.381. The fourth-order valence-corrected chi connectivity index (χ4v) is 3.57. The van der Waals surface area contributed by atoms with Crippen LogP contribution in [0, 0.1) is 5.82 Å². The number of hydrogen-bond donors (Lipinski definition) is 3. The number of methoxy groups -OCH3 is 1. The van der Waals surface area contributed by atoms with Crippen LogP contribution >= 0.6 is 0 Å². The van der Waals surface area contributed by atoms with Crippen molar-refractivity contribution in [3.05, 3.63) is 59.8 Å². The van der Waals surface area contributed by atoms with Gasteiger partial charge in [0.05, 0.1) is 18.8 Å². The molecule has 0 bridgehead atoms. The Hall–Kier alpha value is -2.58. The zero-order chi connectivity index (χ0) is 21.2. The molecule has 29 heavy (non-hydrogen) atoms. The van der Waals surface area contributed by atoms with Crippen LogP contribution in [0.5, 0.6) is 5.75 Å². The molecule has 1 atom stereocenters. The van der Waals surface area contributed by atoms with Crippen molar-refractivity contribution < 1.29 is 23.0 Å². The molecule has 5 nitrogen and oxygen atoms in total. The van der Waals surface area contributed by atoms with Gasteiger partial charge in [-0.25, -0.2) is 13.2 Å². The molecule has 2 aromatic heterocycles. The number of aromatic nitrogens is 2. The van der Waals surface area contributed by atoms with Crippen LogP contribution < -0.4 is 10.1 Å². The molecular formula is C21H24F3N3O2. The molecule has 2 heterocycles. The van der Waals surface area contributed by atoms with Gasteiger partial charge in [0.15, 0.2) is 5.72 Å². The highest BCUT2D eigenvalue weighted by Gasteiger charge is 2.43. The van der Waals surface area contributed by atoms with Crippen LogP contribution in [0.25, 0.3) is 10.9 Å². The number of aromatic amines is 1. The van der Waals surface area contributed by atoms with Crippen LogP contribution in [0.4, 0.5) is 13.2 Å². The molecule has 3 N–H and O–H groups in total. The monoisotopic (exact) mass is 407 g/mol. The number of alkyl halides is 2. The molecule has 0 radical (unpaired) electrons. The Kier molecular flexibility index (Phi) is 5.86. The quantitative estimate of drug-likeness (QED) is 0.491. The Balaban J connectivity index is 1.83. The molecule has 0 saturated carbocycles. The van der Waals surface area contributed by atoms with Crippen molar-refractivity contribution in [2.75, 3.05) is 7.11 Å². The molecule has 1 unspecified atom stereocenters. The Labute approximate surface area is 166 Å². The van der Waals surface area contributed by atoms with E-state index in [4.69, 9.17) is 4.74 Å². The lowest BCUT2D eigenvalue weighted by atomic mass is 9.77. The summed E-state index contributed by atoms with van der Waals surface area (Å²) < 4.78 is 46.8. The number of nitrogens with one attached hydrogen (secondary N) is 2. The first kappa shape index (κ1) is 21.1. The number of H-pyrrole nitrogens is 1. The van der Waals surface area contributed by atoms with Crippen molar-refractivity contribution >= 4 is 10.9 Å². The zero-order valence-corrected chi connectivity index (χ0v) is 16.5. The van der Waals surface area contributed by atoms with E-state index in [1.165, 1.54) is 25.3 Å². The van der Waals surface area contributed by atoms with Gasteiger partial charge in [-0.1, -0.05) is 13.8 Å². The Morgan fingerprint density at radius 1 is 1.24 bits per heavy atom. The van der Waals surface area contributed by atoms with Gasteiger partial charge in [0.1, 0.15) is 11.6 Å². The molecule has 1 aromatic carbocycles. The van der Waals surface area contributed by atoms with Crippen molar-refractivity contribution in [2.24, 2.45) is 0 Å². The number of aliphatic hydroxyl groups is 1. The van der Waals surface area contributed by atoms with E-state index in [0.29, 0.717) is 17.0 Å². The van der Waals surface area contributed by atoms with Gasteiger partial charge in [-0.05, 0) is 35.7 Å². The second-order valence-electron chi connectivity index (χ2n) is 7.74. The summed E-state index contributed by atoms with van der Waals surface area (Å²) in [5.74, 6) is -0.134. The van der Waals surface area contributed by atoms with E-state index in [1.807, 2.05) is 0 Å². The fourth-order valence-electron chi connectivity index (χ4n) is 3.57. The molecular weight excluding hydrogens is 383 g/mol. The van der Waals surface area contributed by atoms with Gasteiger partial charge in [-0.15, -0.1) is 0 Å². The van der Waals surface area contributed by atoms with Crippen LogP contribution in [-0.2, 0) is 12.0 Å². The summed E-state index contributed by atoms with van der Waals surface area (Å²) in [4.78, 5) is 7.08. The smallest absolute Gasteiger partial charge is 0.280 e. The SMILES string of the molecule is COc1ccc(F)cc1C(C)(C)CC(O)(NCc1cc2ccncc2[nH]1)C(F)F. The lowest BCUT2D eigenvalue weighted by Crippen LogP contribution is -2.54. The summed E-state index contributed by atoms with van der Waals surface area (Å²) in [6.07, 6.45) is -0.151. The summed E-state index contributed by atoms with van der Waals surface area (Å²) in [6, 6.07) is 7.53. The first-order valence-electron chi connectivity index (χ1n) is 9.16. The predicted octanol–water partition coefficient (Wildman–Crippen LogP) is 4.12. The first-order valence-corrected chi connectivity index (χ1v) is 9.16.